The fraction of sp³-hybridized carbons (Fsp3) is 0.273. The fourth-order valence-electron chi connectivity index (χ4n) is 1.52. The number of carboxylic acid groups (broad SMARTS) is 1. The Kier molecular flexibility index (Phi) is 3.93. The number of carboxylic acids is 1. The molecule has 0 aliphatic heterocycles. The number of aldehydes is 1. The smallest absolute Gasteiger partial charge is 0.335 e. The quantitative estimate of drug-likeness (QED) is 0.665. The van der Waals surface area contributed by atoms with Gasteiger partial charge >= 0.3 is 5.97 Å². The van der Waals surface area contributed by atoms with Crippen molar-refractivity contribution in [1.82, 2.24) is 0 Å². The molecule has 6 heteroatoms. The summed E-state index contributed by atoms with van der Waals surface area (Å²) < 4.78 is 13.3. The van der Waals surface area contributed by atoms with Crippen LogP contribution in [0.1, 0.15) is 27.6 Å². The van der Waals surface area contributed by atoms with E-state index in [-0.39, 0.29) is 11.8 Å². The van der Waals surface area contributed by atoms with Gasteiger partial charge in [0.15, 0.2) is 12.4 Å². The third kappa shape index (κ3) is 2.48. The van der Waals surface area contributed by atoms with E-state index >= 15 is 0 Å². The average Bonchev–Trinajstić information content (AvgIpc) is 2.29. The van der Waals surface area contributed by atoms with Gasteiger partial charge in [0.05, 0.1) is 5.56 Å². The summed E-state index contributed by atoms with van der Waals surface area (Å²) in [6.07, 6.45) is -3.80. The number of hydrogen-bond donors (Lipinski definition) is 3. The predicted molar refractivity (Wildman–Crippen MR) is 55.1 cm³/mol. The molecule has 0 aliphatic carbocycles. The second-order valence-electron chi connectivity index (χ2n) is 3.54. The van der Waals surface area contributed by atoms with Gasteiger partial charge in [-0.3, -0.25) is 4.79 Å². The lowest BCUT2D eigenvalue weighted by atomic mass is 9.94. The normalized spacial score (nSPS) is 14.1. The summed E-state index contributed by atoms with van der Waals surface area (Å²) in [5.41, 5.74) is -0.339. The second-order valence-corrected chi connectivity index (χ2v) is 3.54. The number of aliphatic hydroxyl groups is 2. The van der Waals surface area contributed by atoms with Crippen LogP contribution in [0.25, 0.3) is 0 Å². The van der Waals surface area contributed by atoms with E-state index in [0.29, 0.717) is 5.56 Å². The minimum absolute atomic E-state index is 0.176. The van der Waals surface area contributed by atoms with Gasteiger partial charge in [0.2, 0.25) is 0 Å². The van der Waals surface area contributed by atoms with Crippen LogP contribution >= 0.6 is 0 Å². The van der Waals surface area contributed by atoms with Crippen molar-refractivity contribution in [3.63, 3.8) is 0 Å². The van der Waals surface area contributed by atoms with E-state index in [1.54, 1.807) is 0 Å². The summed E-state index contributed by atoms with van der Waals surface area (Å²) in [5.74, 6) is -2.53. The molecule has 1 aromatic carbocycles. The van der Waals surface area contributed by atoms with E-state index in [4.69, 9.17) is 5.11 Å². The number of aryl methyl sites for hydroxylation is 1. The zero-order valence-corrected chi connectivity index (χ0v) is 8.92. The Hall–Kier alpha value is -1.79. The number of carbonyl (C=O) groups excluding carboxylic acids is 1. The van der Waals surface area contributed by atoms with Crippen molar-refractivity contribution in [2.45, 2.75) is 19.1 Å². The Morgan fingerprint density at radius 1 is 1.41 bits per heavy atom. The number of hydrogen-bond acceptors (Lipinski definition) is 4. The van der Waals surface area contributed by atoms with Crippen molar-refractivity contribution in [2.24, 2.45) is 0 Å². The molecule has 0 spiro atoms. The Labute approximate surface area is 96.1 Å². The standard InChI is InChI=1S/C11H11FO5/c1-5-2-3-7(12)6(4-13)8(5)9(14)10(15)11(16)17/h2-4,9-10,14-15H,1H3,(H,16,17). The van der Waals surface area contributed by atoms with Gasteiger partial charge in [0.1, 0.15) is 11.9 Å². The highest BCUT2D eigenvalue weighted by Gasteiger charge is 2.29. The first-order valence-electron chi connectivity index (χ1n) is 4.73. The Morgan fingerprint density at radius 3 is 2.47 bits per heavy atom. The van der Waals surface area contributed by atoms with Crippen molar-refractivity contribution in [3.8, 4) is 0 Å². The van der Waals surface area contributed by atoms with Crippen LogP contribution in [0.4, 0.5) is 4.39 Å². The van der Waals surface area contributed by atoms with Crippen LogP contribution in [0.3, 0.4) is 0 Å². The number of halogens is 1. The minimum Gasteiger partial charge on any atom is -0.479 e. The highest BCUT2D eigenvalue weighted by atomic mass is 19.1. The van der Waals surface area contributed by atoms with Crippen molar-refractivity contribution in [3.05, 3.63) is 34.6 Å². The lowest BCUT2D eigenvalue weighted by Crippen LogP contribution is -2.29. The fourth-order valence-corrected chi connectivity index (χ4v) is 1.52. The topological polar surface area (TPSA) is 94.8 Å². The van der Waals surface area contributed by atoms with Crippen molar-refractivity contribution >= 4 is 12.3 Å². The van der Waals surface area contributed by atoms with E-state index in [1.165, 1.54) is 13.0 Å². The van der Waals surface area contributed by atoms with E-state index in [1.807, 2.05) is 0 Å². The number of aliphatic carboxylic acids is 1. The number of aliphatic hydroxyl groups excluding tert-OH is 2. The molecule has 0 aromatic heterocycles. The molecule has 2 unspecified atom stereocenters. The van der Waals surface area contributed by atoms with Crippen molar-refractivity contribution < 1.29 is 29.3 Å². The van der Waals surface area contributed by atoms with E-state index < -0.39 is 29.6 Å². The number of carbonyl (C=O) groups is 2. The lowest BCUT2D eigenvalue weighted by molar-refractivity contribution is -0.153. The van der Waals surface area contributed by atoms with Crippen LogP contribution in [0.15, 0.2) is 12.1 Å². The molecule has 0 radical (unpaired) electrons. The summed E-state index contributed by atoms with van der Waals surface area (Å²) in [6.45, 7) is 1.47. The maximum Gasteiger partial charge on any atom is 0.335 e. The molecule has 0 fully saturated rings. The maximum atomic E-state index is 13.3. The molecule has 92 valence electrons. The molecule has 5 nitrogen and oxygen atoms in total. The van der Waals surface area contributed by atoms with Gasteiger partial charge in [0.25, 0.3) is 0 Å². The van der Waals surface area contributed by atoms with Crippen molar-refractivity contribution in [2.75, 3.05) is 0 Å². The number of benzene rings is 1. The molecule has 1 rings (SSSR count). The Morgan fingerprint density at radius 2 is 2.00 bits per heavy atom. The predicted octanol–water partition coefficient (Wildman–Crippen LogP) is 0.426. The SMILES string of the molecule is Cc1ccc(F)c(C=O)c1C(O)C(O)C(=O)O. The molecular formula is C11H11FO5. The third-order valence-electron chi connectivity index (χ3n) is 2.42. The van der Waals surface area contributed by atoms with Gasteiger partial charge in [-0.2, -0.15) is 0 Å². The molecule has 17 heavy (non-hydrogen) atoms. The largest absolute Gasteiger partial charge is 0.479 e. The van der Waals surface area contributed by atoms with Crippen LogP contribution in [-0.2, 0) is 4.79 Å². The average molecular weight is 242 g/mol. The lowest BCUT2D eigenvalue weighted by Gasteiger charge is -2.18. The highest BCUT2D eigenvalue weighted by molar-refractivity contribution is 5.80. The maximum absolute atomic E-state index is 13.3. The summed E-state index contributed by atoms with van der Waals surface area (Å²) >= 11 is 0. The molecule has 0 aliphatic rings. The Bertz CT molecular complexity index is 457. The number of rotatable bonds is 4. The first-order chi connectivity index (χ1) is 7.90. The van der Waals surface area contributed by atoms with Crippen LogP contribution in [-0.4, -0.2) is 33.7 Å². The molecule has 2 atom stereocenters. The van der Waals surface area contributed by atoms with Crippen LogP contribution in [0, 0.1) is 12.7 Å². The molecule has 0 saturated carbocycles. The zero-order chi connectivity index (χ0) is 13.2. The minimum atomic E-state index is -2.12. The van der Waals surface area contributed by atoms with Gasteiger partial charge in [-0.25, -0.2) is 9.18 Å². The van der Waals surface area contributed by atoms with E-state index in [2.05, 4.69) is 0 Å². The summed E-state index contributed by atoms with van der Waals surface area (Å²) in [7, 11) is 0. The van der Waals surface area contributed by atoms with Gasteiger partial charge in [-0.15, -0.1) is 0 Å². The molecule has 3 N–H and O–H groups in total. The third-order valence-corrected chi connectivity index (χ3v) is 2.42. The molecule has 0 bridgehead atoms. The molecule has 1 aromatic rings. The van der Waals surface area contributed by atoms with E-state index in [9.17, 15) is 24.2 Å². The summed E-state index contributed by atoms with van der Waals surface area (Å²) in [6, 6.07) is 2.32. The highest BCUT2D eigenvalue weighted by Crippen LogP contribution is 2.26. The zero-order valence-electron chi connectivity index (χ0n) is 8.92. The monoisotopic (exact) mass is 242 g/mol. The van der Waals surface area contributed by atoms with Gasteiger partial charge in [0, 0.05) is 5.56 Å². The molecule has 0 saturated heterocycles. The van der Waals surface area contributed by atoms with Crippen LogP contribution < -0.4 is 0 Å². The summed E-state index contributed by atoms with van der Waals surface area (Å²) in [4.78, 5) is 21.2. The van der Waals surface area contributed by atoms with Gasteiger partial charge in [-0.1, -0.05) is 6.07 Å². The first kappa shape index (κ1) is 13.3. The molecule has 0 amide bonds. The van der Waals surface area contributed by atoms with E-state index in [0.717, 1.165) is 6.07 Å². The van der Waals surface area contributed by atoms with Gasteiger partial charge < -0.3 is 15.3 Å². The Balaban J connectivity index is 3.34. The van der Waals surface area contributed by atoms with Crippen molar-refractivity contribution in [1.29, 1.82) is 0 Å². The summed E-state index contributed by atoms with van der Waals surface area (Å²) in [5, 5.41) is 27.4. The van der Waals surface area contributed by atoms with Gasteiger partial charge in [-0.05, 0) is 18.6 Å². The van der Waals surface area contributed by atoms with Crippen LogP contribution in [0.5, 0.6) is 0 Å². The first-order valence-corrected chi connectivity index (χ1v) is 4.73. The van der Waals surface area contributed by atoms with Crippen LogP contribution in [0.2, 0.25) is 0 Å². The molecule has 0 heterocycles. The second kappa shape index (κ2) is 5.03. The molecular weight excluding hydrogens is 231 g/mol.